The molecule has 0 aliphatic heterocycles. The highest BCUT2D eigenvalue weighted by Crippen LogP contribution is 2.59. The maximum Gasteiger partial charge on any atom is 0.151 e. The topological polar surface area (TPSA) is 48.9 Å². The second kappa shape index (κ2) is 3.56. The molecule has 3 nitrogen and oxygen atoms in total. The number of nitriles is 1. The summed E-state index contributed by atoms with van der Waals surface area (Å²) in [7, 11) is 0. The molecule has 4 saturated carbocycles. The first-order chi connectivity index (χ1) is 9.11. The van der Waals surface area contributed by atoms with Gasteiger partial charge in [-0.05, 0) is 63.2 Å². The molecule has 3 heteroatoms. The molecule has 4 aliphatic rings. The number of hydrogen-bond donors (Lipinski definition) is 1. The van der Waals surface area contributed by atoms with E-state index in [1.807, 2.05) is 13.1 Å². The van der Waals surface area contributed by atoms with Crippen molar-refractivity contribution >= 4 is 0 Å². The molecule has 0 spiro atoms. The van der Waals surface area contributed by atoms with Gasteiger partial charge >= 0.3 is 0 Å². The van der Waals surface area contributed by atoms with Crippen LogP contribution in [-0.4, -0.2) is 9.67 Å². The second-order valence-electron chi connectivity index (χ2n) is 7.10. The first-order valence-corrected chi connectivity index (χ1v) is 7.43. The molecule has 0 amide bonds. The minimum absolute atomic E-state index is 0.163. The predicted molar refractivity (Wildman–Crippen MR) is 71.7 cm³/mol. The molecule has 0 radical (unpaired) electrons. The van der Waals surface area contributed by atoms with E-state index in [4.69, 9.17) is 0 Å². The van der Waals surface area contributed by atoms with Crippen molar-refractivity contribution in [2.75, 3.05) is 0 Å². The van der Waals surface area contributed by atoms with Gasteiger partial charge in [-0.1, -0.05) is 0 Å². The van der Waals surface area contributed by atoms with Crippen LogP contribution in [0.5, 0.6) is 5.75 Å². The highest BCUT2D eigenvalue weighted by atomic mass is 16.3. The van der Waals surface area contributed by atoms with Crippen LogP contribution in [0.3, 0.4) is 0 Å². The van der Waals surface area contributed by atoms with Crippen LogP contribution in [0.25, 0.3) is 0 Å². The van der Waals surface area contributed by atoms with Crippen LogP contribution in [0.4, 0.5) is 0 Å². The van der Waals surface area contributed by atoms with Crippen LogP contribution in [0, 0.1) is 36.0 Å². The zero-order valence-electron chi connectivity index (χ0n) is 11.4. The van der Waals surface area contributed by atoms with E-state index in [-0.39, 0.29) is 11.3 Å². The second-order valence-corrected chi connectivity index (χ2v) is 7.10. The fourth-order valence-electron chi connectivity index (χ4n) is 5.58. The van der Waals surface area contributed by atoms with Gasteiger partial charge in [0.05, 0.1) is 0 Å². The lowest BCUT2D eigenvalue weighted by atomic mass is 9.53. The van der Waals surface area contributed by atoms with Gasteiger partial charge in [-0.25, -0.2) is 0 Å². The molecule has 4 fully saturated rings. The summed E-state index contributed by atoms with van der Waals surface area (Å²) in [5.74, 6) is 2.79. The Labute approximate surface area is 113 Å². The number of aromatic nitrogens is 1. The van der Waals surface area contributed by atoms with Crippen LogP contribution in [0.2, 0.25) is 0 Å². The van der Waals surface area contributed by atoms with E-state index >= 15 is 0 Å². The SMILES string of the molecule is Cc1c(C#N)c(O)cn1C12CC3CC(CC(C3)C1)C2. The Morgan fingerprint density at radius 2 is 1.74 bits per heavy atom. The molecule has 19 heavy (non-hydrogen) atoms. The summed E-state index contributed by atoms with van der Waals surface area (Å²) in [6.45, 7) is 1.98. The van der Waals surface area contributed by atoms with Crippen LogP contribution in [0.15, 0.2) is 6.20 Å². The van der Waals surface area contributed by atoms with E-state index in [1.165, 1.54) is 38.5 Å². The largest absolute Gasteiger partial charge is 0.505 e. The molecule has 0 aromatic carbocycles. The lowest BCUT2D eigenvalue weighted by molar-refractivity contribution is -0.0438. The van der Waals surface area contributed by atoms with Gasteiger partial charge in [0.25, 0.3) is 0 Å². The third-order valence-electron chi connectivity index (χ3n) is 5.86. The van der Waals surface area contributed by atoms with Crippen molar-refractivity contribution in [3.63, 3.8) is 0 Å². The van der Waals surface area contributed by atoms with Gasteiger partial charge in [0.2, 0.25) is 0 Å². The lowest BCUT2D eigenvalue weighted by Gasteiger charge is -2.57. The van der Waals surface area contributed by atoms with E-state index in [2.05, 4.69) is 10.6 Å². The third kappa shape index (κ3) is 1.43. The Hall–Kier alpha value is -1.43. The number of aromatic hydroxyl groups is 1. The highest BCUT2D eigenvalue weighted by molar-refractivity contribution is 5.46. The molecule has 4 bridgehead atoms. The molecule has 0 unspecified atom stereocenters. The summed E-state index contributed by atoms with van der Waals surface area (Å²) in [4.78, 5) is 0. The summed E-state index contributed by atoms with van der Waals surface area (Å²) in [6.07, 6.45) is 9.81. The van der Waals surface area contributed by atoms with Gasteiger partial charge in [-0.15, -0.1) is 0 Å². The summed E-state index contributed by atoms with van der Waals surface area (Å²) in [5.41, 5.74) is 1.63. The van der Waals surface area contributed by atoms with Crippen molar-refractivity contribution in [1.29, 1.82) is 5.26 Å². The lowest BCUT2D eigenvalue weighted by Crippen LogP contribution is -2.51. The van der Waals surface area contributed by atoms with Crippen LogP contribution < -0.4 is 0 Å². The van der Waals surface area contributed by atoms with Gasteiger partial charge in [0.1, 0.15) is 11.6 Å². The maximum absolute atomic E-state index is 9.97. The van der Waals surface area contributed by atoms with E-state index in [0.29, 0.717) is 5.56 Å². The fraction of sp³-hybridized carbons (Fsp3) is 0.688. The molecule has 0 atom stereocenters. The maximum atomic E-state index is 9.97. The Morgan fingerprint density at radius 1 is 1.21 bits per heavy atom. The van der Waals surface area contributed by atoms with Crippen molar-refractivity contribution in [3.8, 4) is 11.8 Å². The monoisotopic (exact) mass is 256 g/mol. The molecule has 4 aliphatic carbocycles. The molecule has 0 saturated heterocycles. The zero-order chi connectivity index (χ0) is 13.2. The third-order valence-corrected chi connectivity index (χ3v) is 5.86. The molecular formula is C16H20N2O. The molecule has 1 aromatic heterocycles. The standard InChI is InChI=1S/C16H20N2O/c1-10-14(8-17)15(19)9-18(10)16-5-11-2-12(6-16)4-13(3-11)7-16/h9,11-13,19H,2-7H2,1H3. The van der Waals surface area contributed by atoms with Crippen LogP contribution in [0.1, 0.15) is 49.8 Å². The van der Waals surface area contributed by atoms with E-state index in [0.717, 1.165) is 23.4 Å². The number of rotatable bonds is 1. The van der Waals surface area contributed by atoms with Crippen molar-refractivity contribution in [3.05, 3.63) is 17.5 Å². The van der Waals surface area contributed by atoms with E-state index in [1.54, 1.807) is 0 Å². The van der Waals surface area contributed by atoms with Gasteiger partial charge in [0.15, 0.2) is 5.75 Å². The first kappa shape index (κ1) is 11.4. The van der Waals surface area contributed by atoms with Gasteiger partial charge in [0, 0.05) is 17.4 Å². The fourth-order valence-corrected chi connectivity index (χ4v) is 5.58. The Morgan fingerprint density at radius 3 is 2.16 bits per heavy atom. The predicted octanol–water partition coefficient (Wildman–Crippen LogP) is 3.30. The normalized spacial score (nSPS) is 39.5. The molecule has 100 valence electrons. The summed E-state index contributed by atoms with van der Waals surface area (Å²) in [5, 5.41) is 19.1. The van der Waals surface area contributed by atoms with Crippen molar-refractivity contribution < 1.29 is 5.11 Å². The average Bonchev–Trinajstić information content (AvgIpc) is 2.63. The van der Waals surface area contributed by atoms with E-state index < -0.39 is 0 Å². The Bertz CT molecular complexity index is 543. The van der Waals surface area contributed by atoms with Crippen LogP contribution in [-0.2, 0) is 5.54 Å². The molecule has 1 heterocycles. The minimum atomic E-state index is 0.163. The molecule has 1 N–H and O–H groups in total. The first-order valence-electron chi connectivity index (χ1n) is 7.43. The Balaban J connectivity index is 1.82. The minimum Gasteiger partial charge on any atom is -0.505 e. The number of hydrogen-bond acceptors (Lipinski definition) is 2. The van der Waals surface area contributed by atoms with Crippen LogP contribution >= 0.6 is 0 Å². The smallest absolute Gasteiger partial charge is 0.151 e. The Kier molecular flexibility index (Phi) is 2.14. The number of nitrogens with zero attached hydrogens (tertiary/aromatic N) is 2. The highest BCUT2D eigenvalue weighted by Gasteiger charge is 2.52. The van der Waals surface area contributed by atoms with Gasteiger partial charge in [-0.3, -0.25) is 0 Å². The summed E-state index contributed by atoms with van der Waals surface area (Å²) < 4.78 is 2.26. The molecule has 1 aromatic rings. The van der Waals surface area contributed by atoms with Crippen molar-refractivity contribution in [2.24, 2.45) is 17.8 Å². The van der Waals surface area contributed by atoms with Gasteiger partial charge < -0.3 is 9.67 Å². The van der Waals surface area contributed by atoms with Crippen molar-refractivity contribution in [1.82, 2.24) is 4.57 Å². The quantitative estimate of drug-likeness (QED) is 0.838. The zero-order valence-corrected chi connectivity index (χ0v) is 11.4. The van der Waals surface area contributed by atoms with Crippen molar-refractivity contribution in [2.45, 2.75) is 51.0 Å². The molecule has 5 rings (SSSR count). The molecular weight excluding hydrogens is 236 g/mol. The summed E-state index contributed by atoms with van der Waals surface area (Å²) in [6, 6.07) is 2.15. The van der Waals surface area contributed by atoms with Gasteiger partial charge in [-0.2, -0.15) is 5.26 Å². The average molecular weight is 256 g/mol. The van der Waals surface area contributed by atoms with E-state index in [9.17, 15) is 10.4 Å². The summed E-state index contributed by atoms with van der Waals surface area (Å²) >= 11 is 0.